The lowest BCUT2D eigenvalue weighted by atomic mass is 9.95. The van der Waals surface area contributed by atoms with Gasteiger partial charge >= 0.3 is 0 Å². The number of rotatable bonds is 1. The van der Waals surface area contributed by atoms with E-state index in [0.717, 1.165) is 32.2 Å². The molecule has 29 heavy (non-hydrogen) atoms. The van der Waals surface area contributed by atoms with Crippen molar-refractivity contribution in [1.82, 2.24) is 14.6 Å². The van der Waals surface area contributed by atoms with Crippen LogP contribution in [0.2, 0.25) is 0 Å². The molecule has 0 aliphatic carbocycles. The number of hydrogen-bond donors (Lipinski definition) is 2. The molecule has 1 unspecified atom stereocenters. The third-order valence-corrected chi connectivity index (χ3v) is 6.02. The van der Waals surface area contributed by atoms with Gasteiger partial charge in [0, 0.05) is 20.9 Å². The van der Waals surface area contributed by atoms with Gasteiger partial charge in [-0.15, -0.1) is 0 Å². The Hall–Kier alpha value is -3.38. The monoisotopic (exact) mass is 442 g/mol. The van der Waals surface area contributed by atoms with Gasteiger partial charge in [-0.25, -0.2) is 9.66 Å². The van der Waals surface area contributed by atoms with Crippen LogP contribution >= 0.6 is 15.9 Å². The van der Waals surface area contributed by atoms with Crippen LogP contribution in [0.5, 0.6) is 0 Å². The molecule has 6 rings (SSSR count). The van der Waals surface area contributed by atoms with Crippen LogP contribution in [0.3, 0.4) is 0 Å². The van der Waals surface area contributed by atoms with Crippen LogP contribution in [-0.4, -0.2) is 14.6 Å². The first-order chi connectivity index (χ1) is 14.2. The van der Waals surface area contributed by atoms with Gasteiger partial charge in [0.05, 0.1) is 22.6 Å². The van der Waals surface area contributed by atoms with Gasteiger partial charge in [0.2, 0.25) is 0 Å². The minimum atomic E-state index is -0.178. The molecule has 2 N–H and O–H groups in total. The molecular weight excluding hydrogens is 428 g/mol. The molecular formula is C23H15BrN4O. The topological polar surface area (TPSA) is 62.7 Å². The minimum Gasteiger partial charge on any atom is -0.352 e. The van der Waals surface area contributed by atoms with E-state index in [0.29, 0.717) is 16.7 Å². The highest BCUT2D eigenvalue weighted by molar-refractivity contribution is 9.10. The second-order valence-corrected chi connectivity index (χ2v) is 8.08. The van der Waals surface area contributed by atoms with Gasteiger partial charge in [-0.3, -0.25) is 4.79 Å². The van der Waals surface area contributed by atoms with Crippen molar-refractivity contribution in [2.45, 2.75) is 6.04 Å². The van der Waals surface area contributed by atoms with E-state index in [-0.39, 0.29) is 11.6 Å². The van der Waals surface area contributed by atoms with E-state index >= 15 is 0 Å². The molecule has 3 heterocycles. The standard InChI is InChI=1S/C23H15BrN4O/c24-14-11-9-13(10-12-14)20-19-15-5-1-3-7-17(15)25-21(19)22-26-18-8-4-2-6-16(18)23(29)28(22)27-20/h1-12,20,25,27H. The van der Waals surface area contributed by atoms with Gasteiger partial charge in [-0.1, -0.05) is 58.4 Å². The maximum Gasteiger partial charge on any atom is 0.280 e. The second kappa shape index (κ2) is 6.06. The summed E-state index contributed by atoms with van der Waals surface area (Å²) in [4.78, 5) is 21.6. The summed E-state index contributed by atoms with van der Waals surface area (Å²) in [5.74, 6) is 0.605. The van der Waals surface area contributed by atoms with Crippen molar-refractivity contribution in [3.05, 3.63) is 98.7 Å². The number of nitrogens with one attached hydrogen (secondary N) is 2. The maximum absolute atomic E-state index is 13.3. The van der Waals surface area contributed by atoms with Gasteiger partial charge in [0.1, 0.15) is 0 Å². The van der Waals surface area contributed by atoms with E-state index in [4.69, 9.17) is 4.98 Å². The molecule has 1 aliphatic rings. The van der Waals surface area contributed by atoms with Crippen LogP contribution < -0.4 is 11.0 Å². The lowest BCUT2D eigenvalue weighted by molar-refractivity contribution is 0.711. The zero-order chi connectivity index (χ0) is 19.5. The normalized spacial score (nSPS) is 15.1. The fourth-order valence-electron chi connectivity index (χ4n) is 4.15. The Kier molecular flexibility index (Phi) is 3.46. The molecule has 140 valence electrons. The van der Waals surface area contributed by atoms with Crippen LogP contribution in [0.1, 0.15) is 17.2 Å². The van der Waals surface area contributed by atoms with Crippen LogP contribution in [0.15, 0.2) is 82.1 Å². The van der Waals surface area contributed by atoms with Crippen molar-refractivity contribution in [2.24, 2.45) is 0 Å². The molecule has 0 bridgehead atoms. The van der Waals surface area contributed by atoms with Crippen molar-refractivity contribution in [1.29, 1.82) is 0 Å². The molecule has 1 aliphatic heterocycles. The van der Waals surface area contributed by atoms with E-state index < -0.39 is 0 Å². The van der Waals surface area contributed by atoms with Crippen molar-refractivity contribution >= 4 is 37.7 Å². The summed E-state index contributed by atoms with van der Waals surface area (Å²) in [6.45, 7) is 0. The molecule has 0 radical (unpaired) electrons. The summed E-state index contributed by atoms with van der Waals surface area (Å²) in [6.07, 6.45) is 0. The number of nitrogens with zero attached hydrogens (tertiary/aromatic N) is 2. The number of aromatic amines is 1. The molecule has 3 aromatic carbocycles. The number of aromatic nitrogens is 3. The molecule has 1 atom stereocenters. The highest BCUT2D eigenvalue weighted by atomic mass is 79.9. The largest absolute Gasteiger partial charge is 0.352 e. The number of para-hydroxylation sites is 2. The zero-order valence-corrected chi connectivity index (χ0v) is 16.8. The fourth-order valence-corrected chi connectivity index (χ4v) is 4.41. The van der Waals surface area contributed by atoms with E-state index in [1.54, 1.807) is 4.68 Å². The Balaban J connectivity index is 1.71. The van der Waals surface area contributed by atoms with Gasteiger partial charge in [0.25, 0.3) is 5.56 Å². The second-order valence-electron chi connectivity index (χ2n) is 7.17. The highest BCUT2D eigenvalue weighted by Gasteiger charge is 2.31. The van der Waals surface area contributed by atoms with Crippen LogP contribution in [0.4, 0.5) is 0 Å². The average molecular weight is 443 g/mol. The third-order valence-electron chi connectivity index (χ3n) is 5.50. The van der Waals surface area contributed by atoms with Gasteiger partial charge in [-0.2, -0.15) is 0 Å². The molecule has 0 fully saturated rings. The number of halogens is 1. The Morgan fingerprint density at radius 1 is 0.897 bits per heavy atom. The first-order valence-corrected chi connectivity index (χ1v) is 10.1. The Morgan fingerprint density at radius 2 is 1.62 bits per heavy atom. The average Bonchev–Trinajstić information content (AvgIpc) is 3.14. The number of hydrogen-bond acceptors (Lipinski definition) is 3. The number of H-pyrrole nitrogens is 1. The van der Waals surface area contributed by atoms with Crippen LogP contribution in [0, 0.1) is 0 Å². The van der Waals surface area contributed by atoms with Gasteiger partial charge < -0.3 is 10.4 Å². The molecule has 0 saturated carbocycles. The quantitative estimate of drug-likeness (QED) is 0.385. The summed E-state index contributed by atoms with van der Waals surface area (Å²) in [5, 5.41) is 1.72. The van der Waals surface area contributed by atoms with Crippen LogP contribution in [-0.2, 0) is 0 Å². The fraction of sp³-hybridized carbons (Fsp3) is 0.0435. The first kappa shape index (κ1) is 16.6. The van der Waals surface area contributed by atoms with Crippen molar-refractivity contribution in [3.63, 3.8) is 0 Å². The minimum absolute atomic E-state index is 0.1000. The maximum atomic E-state index is 13.3. The van der Waals surface area contributed by atoms with Crippen LogP contribution in [0.25, 0.3) is 33.3 Å². The van der Waals surface area contributed by atoms with E-state index in [2.05, 4.69) is 50.6 Å². The van der Waals surface area contributed by atoms with E-state index in [1.165, 1.54) is 0 Å². The predicted octanol–water partition coefficient (Wildman–Crippen LogP) is 4.95. The number of benzene rings is 3. The summed E-state index contributed by atoms with van der Waals surface area (Å²) in [7, 11) is 0. The SMILES string of the molecule is O=c1c2ccccc2nc2n1NC(c1ccc(Br)cc1)c1c-2[nH]c2ccccc12. The van der Waals surface area contributed by atoms with E-state index in [9.17, 15) is 4.79 Å². The zero-order valence-electron chi connectivity index (χ0n) is 15.2. The lowest BCUT2D eigenvalue weighted by Gasteiger charge is -2.29. The summed E-state index contributed by atoms with van der Waals surface area (Å²) in [6, 6.07) is 23.6. The predicted molar refractivity (Wildman–Crippen MR) is 119 cm³/mol. The Labute approximate surface area is 174 Å². The molecule has 5 aromatic rings. The lowest BCUT2D eigenvalue weighted by Crippen LogP contribution is -2.37. The molecule has 5 nitrogen and oxygen atoms in total. The highest BCUT2D eigenvalue weighted by Crippen LogP contribution is 2.40. The van der Waals surface area contributed by atoms with Gasteiger partial charge in [-0.05, 0) is 35.9 Å². The molecule has 6 heteroatoms. The number of fused-ring (bicyclic) bond motifs is 6. The van der Waals surface area contributed by atoms with Crippen molar-refractivity contribution in [3.8, 4) is 11.5 Å². The third kappa shape index (κ3) is 2.39. The van der Waals surface area contributed by atoms with Crippen molar-refractivity contribution in [2.75, 3.05) is 5.43 Å². The summed E-state index contributed by atoms with van der Waals surface area (Å²) >= 11 is 3.51. The molecule has 2 aromatic heterocycles. The Bertz CT molecular complexity index is 1470. The van der Waals surface area contributed by atoms with Gasteiger partial charge in [0.15, 0.2) is 5.82 Å². The molecule has 0 spiro atoms. The smallest absolute Gasteiger partial charge is 0.280 e. The summed E-state index contributed by atoms with van der Waals surface area (Å²) < 4.78 is 2.59. The Morgan fingerprint density at radius 3 is 2.45 bits per heavy atom. The molecule has 0 saturated heterocycles. The van der Waals surface area contributed by atoms with E-state index in [1.807, 2.05) is 48.5 Å². The first-order valence-electron chi connectivity index (χ1n) is 9.35. The van der Waals surface area contributed by atoms with Crippen molar-refractivity contribution < 1.29 is 0 Å². The molecule has 0 amide bonds. The summed E-state index contributed by atoms with van der Waals surface area (Å²) in [5.41, 5.74) is 8.10.